The maximum atomic E-state index is 15.8. The number of rotatable bonds is 4. The summed E-state index contributed by atoms with van der Waals surface area (Å²) in [5.74, 6) is -1.54. The second kappa shape index (κ2) is 8.36. The molecule has 0 amide bonds. The number of fused-ring (bicyclic) bond motifs is 7. The third-order valence-electron chi connectivity index (χ3n) is 9.91. The van der Waals surface area contributed by atoms with Crippen LogP contribution in [0.25, 0.3) is 0 Å². The summed E-state index contributed by atoms with van der Waals surface area (Å²) in [6, 6.07) is 0. The molecule has 1 saturated heterocycles. The first-order valence-corrected chi connectivity index (χ1v) is 14.2. The number of alkyl halides is 3. The summed E-state index contributed by atoms with van der Waals surface area (Å²) in [5.41, 5.74) is -2.44. The summed E-state index contributed by atoms with van der Waals surface area (Å²) in [7, 11) is 0. The highest BCUT2D eigenvalue weighted by Crippen LogP contribution is 2.74. The fourth-order valence-corrected chi connectivity index (χ4v) is 9.52. The maximum absolute atomic E-state index is 15.8. The summed E-state index contributed by atoms with van der Waals surface area (Å²) < 4.78 is 34.8. The molecule has 0 radical (unpaired) electrons. The van der Waals surface area contributed by atoms with E-state index in [9.17, 15) is 9.59 Å². The van der Waals surface area contributed by atoms with E-state index in [-0.39, 0.29) is 49.0 Å². The van der Waals surface area contributed by atoms with Crippen molar-refractivity contribution in [2.75, 3.05) is 6.61 Å². The average Bonchev–Trinajstić information content (AvgIpc) is 3.14. The Morgan fingerprint density at radius 3 is 2.51 bits per heavy atom. The van der Waals surface area contributed by atoms with Crippen LogP contribution in [-0.4, -0.2) is 57.7 Å². The van der Waals surface area contributed by atoms with Gasteiger partial charge in [-0.15, -0.1) is 23.2 Å². The number of ether oxygens (including phenoxy) is 3. The molecule has 5 aliphatic rings. The SMILES string of the molecule is CC(C)(C)OCC(=O)CC12OC(C)(C)OC1CC1C3CC(F)C4=CC(=O)C=CC4(C)C3(Cl)C(Cl)CC12C. The Labute approximate surface area is 229 Å². The minimum absolute atomic E-state index is 0.0206. The zero-order valence-electron chi connectivity index (χ0n) is 22.8. The van der Waals surface area contributed by atoms with Gasteiger partial charge in [-0.2, -0.15) is 0 Å². The Morgan fingerprint density at radius 2 is 1.86 bits per heavy atom. The van der Waals surface area contributed by atoms with E-state index in [4.69, 9.17) is 37.4 Å². The first kappa shape index (κ1) is 27.8. The number of ketones is 2. The summed E-state index contributed by atoms with van der Waals surface area (Å²) in [5, 5.41) is -0.553. The lowest BCUT2D eigenvalue weighted by Gasteiger charge is -2.64. The van der Waals surface area contributed by atoms with Crippen molar-refractivity contribution in [3.63, 3.8) is 0 Å². The zero-order chi connectivity index (χ0) is 27.4. The Kier molecular flexibility index (Phi) is 6.27. The first-order chi connectivity index (χ1) is 16.9. The van der Waals surface area contributed by atoms with Crippen molar-refractivity contribution in [2.24, 2.45) is 22.7 Å². The summed E-state index contributed by atoms with van der Waals surface area (Å²) in [6.45, 7) is 13.5. The van der Waals surface area contributed by atoms with Gasteiger partial charge in [0.15, 0.2) is 17.4 Å². The molecule has 0 aromatic carbocycles. The molecular formula is C29H39Cl2FO5. The standard InChI is InChI=1S/C29H39Cl2FO5/c1-24(2,3)35-15-17(34)13-28-23(36-25(4,5)37-28)12-18-19-11-21(32)20-10-16(33)8-9-26(20,6)29(19,31)22(30)14-27(18,28)7/h8-10,18-19,21-23H,11-15H2,1-7H3. The minimum atomic E-state index is -1.31. The largest absolute Gasteiger partial charge is 0.368 e. The molecule has 5 nitrogen and oxygen atoms in total. The van der Waals surface area contributed by atoms with E-state index in [1.807, 2.05) is 41.5 Å². The lowest BCUT2D eigenvalue weighted by atomic mass is 9.46. The second-order valence-electron chi connectivity index (χ2n) is 13.7. The molecule has 4 aliphatic carbocycles. The van der Waals surface area contributed by atoms with Gasteiger partial charge in [0, 0.05) is 17.3 Å². The van der Waals surface area contributed by atoms with Gasteiger partial charge in [-0.05, 0) is 83.4 Å². The monoisotopic (exact) mass is 556 g/mol. The highest BCUT2D eigenvalue weighted by molar-refractivity contribution is 6.34. The van der Waals surface area contributed by atoms with Crippen molar-refractivity contribution < 1.29 is 28.2 Å². The topological polar surface area (TPSA) is 61.8 Å². The van der Waals surface area contributed by atoms with E-state index >= 15 is 4.39 Å². The van der Waals surface area contributed by atoms with E-state index in [0.29, 0.717) is 18.4 Å². The van der Waals surface area contributed by atoms with E-state index in [1.165, 1.54) is 12.2 Å². The van der Waals surface area contributed by atoms with Crippen LogP contribution in [0.2, 0.25) is 0 Å². The van der Waals surface area contributed by atoms with E-state index in [0.717, 1.165) is 0 Å². The third-order valence-corrected chi connectivity index (χ3v) is 11.5. The molecule has 0 bridgehead atoms. The molecule has 37 heavy (non-hydrogen) atoms. The van der Waals surface area contributed by atoms with E-state index in [2.05, 4.69) is 6.92 Å². The van der Waals surface area contributed by atoms with Gasteiger partial charge in [-0.3, -0.25) is 9.59 Å². The molecular weight excluding hydrogens is 518 g/mol. The fraction of sp³-hybridized carbons (Fsp3) is 0.793. The quantitative estimate of drug-likeness (QED) is 0.392. The number of carbonyl (C=O) groups excluding carboxylic acids is 2. The number of allylic oxidation sites excluding steroid dienone is 4. The molecule has 3 saturated carbocycles. The van der Waals surface area contributed by atoms with Gasteiger partial charge in [0.25, 0.3) is 0 Å². The van der Waals surface area contributed by atoms with Gasteiger partial charge >= 0.3 is 0 Å². The van der Waals surface area contributed by atoms with Crippen LogP contribution in [-0.2, 0) is 23.8 Å². The van der Waals surface area contributed by atoms with Gasteiger partial charge in [-0.1, -0.05) is 19.9 Å². The van der Waals surface area contributed by atoms with Crippen molar-refractivity contribution in [3.05, 3.63) is 23.8 Å². The fourth-order valence-electron chi connectivity index (χ4n) is 8.32. The van der Waals surface area contributed by atoms with Crippen LogP contribution >= 0.6 is 23.2 Å². The van der Waals surface area contributed by atoms with Crippen LogP contribution in [0, 0.1) is 22.7 Å². The molecule has 0 spiro atoms. The Balaban J connectivity index is 1.55. The molecule has 9 atom stereocenters. The smallest absolute Gasteiger partial charge is 0.178 e. The van der Waals surface area contributed by atoms with Crippen molar-refractivity contribution >= 4 is 34.8 Å². The van der Waals surface area contributed by atoms with E-state index < -0.39 is 44.2 Å². The minimum Gasteiger partial charge on any atom is -0.368 e. The third kappa shape index (κ3) is 3.87. The van der Waals surface area contributed by atoms with Gasteiger partial charge in [-0.25, -0.2) is 4.39 Å². The van der Waals surface area contributed by atoms with Gasteiger partial charge in [0.2, 0.25) is 0 Å². The van der Waals surface area contributed by atoms with Gasteiger partial charge in [0.1, 0.15) is 18.4 Å². The number of hydrogen-bond donors (Lipinski definition) is 0. The van der Waals surface area contributed by atoms with Gasteiger partial charge < -0.3 is 14.2 Å². The molecule has 0 aromatic heterocycles. The van der Waals surface area contributed by atoms with Crippen molar-refractivity contribution in [1.29, 1.82) is 0 Å². The maximum Gasteiger partial charge on any atom is 0.178 e. The Hall–Kier alpha value is -0.790. The van der Waals surface area contributed by atoms with Crippen LogP contribution in [0.5, 0.6) is 0 Å². The molecule has 206 valence electrons. The van der Waals surface area contributed by atoms with Crippen LogP contribution < -0.4 is 0 Å². The molecule has 0 N–H and O–H groups in total. The Morgan fingerprint density at radius 1 is 1.19 bits per heavy atom. The summed E-state index contributed by atoms with van der Waals surface area (Å²) in [6.07, 6.45) is 4.34. The number of halogens is 3. The second-order valence-corrected chi connectivity index (χ2v) is 14.8. The van der Waals surface area contributed by atoms with Crippen LogP contribution in [0.15, 0.2) is 23.8 Å². The molecule has 8 heteroatoms. The first-order valence-electron chi connectivity index (χ1n) is 13.3. The predicted octanol–water partition coefficient (Wildman–Crippen LogP) is 6.10. The van der Waals surface area contributed by atoms with Crippen molar-refractivity contribution in [1.82, 2.24) is 0 Å². The number of hydrogen-bond acceptors (Lipinski definition) is 5. The summed E-state index contributed by atoms with van der Waals surface area (Å²) in [4.78, 5) is 24.5. The lowest BCUT2D eigenvalue weighted by Crippen LogP contribution is -2.68. The Bertz CT molecular complexity index is 1080. The molecule has 1 heterocycles. The summed E-state index contributed by atoms with van der Waals surface area (Å²) >= 11 is 14.8. The molecule has 0 aromatic rings. The lowest BCUT2D eigenvalue weighted by molar-refractivity contribution is -0.215. The van der Waals surface area contributed by atoms with Crippen LogP contribution in [0.4, 0.5) is 4.39 Å². The predicted molar refractivity (Wildman–Crippen MR) is 140 cm³/mol. The number of Topliss-reactive ketones (excluding diaryl/α,β-unsaturated/α-hetero) is 1. The van der Waals surface area contributed by atoms with E-state index in [1.54, 1.807) is 6.08 Å². The molecule has 9 unspecified atom stereocenters. The molecule has 1 aliphatic heterocycles. The average molecular weight is 558 g/mol. The zero-order valence-corrected chi connectivity index (χ0v) is 24.3. The van der Waals surface area contributed by atoms with Gasteiger partial charge in [0.05, 0.1) is 22.0 Å². The number of carbonyl (C=O) groups is 2. The highest BCUT2D eigenvalue weighted by atomic mass is 35.5. The molecule has 4 fully saturated rings. The van der Waals surface area contributed by atoms with Crippen molar-refractivity contribution in [2.45, 2.75) is 114 Å². The van der Waals surface area contributed by atoms with Crippen molar-refractivity contribution in [3.8, 4) is 0 Å². The highest BCUT2D eigenvalue weighted by Gasteiger charge is 2.78. The normalized spacial score (nSPS) is 48.1. The molecule has 5 rings (SSSR count). The van der Waals surface area contributed by atoms with Crippen LogP contribution in [0.1, 0.15) is 74.1 Å². The van der Waals surface area contributed by atoms with Crippen LogP contribution in [0.3, 0.4) is 0 Å².